The highest BCUT2D eigenvalue weighted by molar-refractivity contribution is 5.23. The molecule has 0 aromatic heterocycles. The largest absolute Gasteiger partial charge is 0.391 e. The standard InChI is InChI=1S/C10H11FO2/c1-6(12)9-10(13-9)7-3-2-4-8(11)5-7/h2-6,9-10,12H,1H3/t6-,9-,10-/m0/s1. The van der Waals surface area contributed by atoms with Crippen molar-refractivity contribution in [3.05, 3.63) is 35.6 Å². The van der Waals surface area contributed by atoms with E-state index in [0.29, 0.717) is 0 Å². The van der Waals surface area contributed by atoms with Gasteiger partial charge in [-0.2, -0.15) is 0 Å². The van der Waals surface area contributed by atoms with Crippen LogP contribution in [-0.4, -0.2) is 17.3 Å². The molecule has 13 heavy (non-hydrogen) atoms. The van der Waals surface area contributed by atoms with Gasteiger partial charge < -0.3 is 9.84 Å². The fourth-order valence-corrected chi connectivity index (χ4v) is 1.44. The molecule has 0 saturated carbocycles. The zero-order chi connectivity index (χ0) is 9.42. The van der Waals surface area contributed by atoms with Crippen LogP contribution in [0, 0.1) is 5.82 Å². The molecule has 1 aliphatic rings. The molecule has 0 aliphatic carbocycles. The van der Waals surface area contributed by atoms with Crippen molar-refractivity contribution in [1.29, 1.82) is 0 Å². The van der Waals surface area contributed by atoms with Gasteiger partial charge in [0.05, 0.1) is 6.10 Å². The molecule has 3 heteroatoms. The number of aliphatic hydroxyl groups is 1. The topological polar surface area (TPSA) is 32.8 Å². The molecule has 70 valence electrons. The Morgan fingerprint density at radius 3 is 2.85 bits per heavy atom. The van der Waals surface area contributed by atoms with Crippen molar-refractivity contribution < 1.29 is 14.2 Å². The highest BCUT2D eigenvalue weighted by Crippen LogP contribution is 2.40. The van der Waals surface area contributed by atoms with Gasteiger partial charge in [-0.1, -0.05) is 12.1 Å². The first-order chi connectivity index (χ1) is 6.18. The Balaban J connectivity index is 2.12. The maximum atomic E-state index is 12.8. The molecule has 1 N–H and O–H groups in total. The van der Waals surface area contributed by atoms with Crippen LogP contribution < -0.4 is 0 Å². The summed E-state index contributed by atoms with van der Waals surface area (Å²) in [7, 11) is 0. The van der Waals surface area contributed by atoms with Crippen molar-refractivity contribution in [3.63, 3.8) is 0 Å². The van der Waals surface area contributed by atoms with E-state index in [1.165, 1.54) is 12.1 Å². The van der Waals surface area contributed by atoms with Crippen molar-refractivity contribution in [2.75, 3.05) is 0 Å². The van der Waals surface area contributed by atoms with Gasteiger partial charge in [0.15, 0.2) is 0 Å². The van der Waals surface area contributed by atoms with Crippen LogP contribution in [-0.2, 0) is 4.74 Å². The van der Waals surface area contributed by atoms with Gasteiger partial charge in [0.1, 0.15) is 18.0 Å². The third-order valence-corrected chi connectivity index (χ3v) is 2.18. The maximum absolute atomic E-state index is 12.8. The second-order valence-corrected chi connectivity index (χ2v) is 3.32. The summed E-state index contributed by atoms with van der Waals surface area (Å²) in [5.74, 6) is -0.266. The van der Waals surface area contributed by atoms with Gasteiger partial charge >= 0.3 is 0 Å². The van der Waals surface area contributed by atoms with Crippen LogP contribution in [0.5, 0.6) is 0 Å². The molecule has 1 aliphatic heterocycles. The van der Waals surface area contributed by atoms with Gasteiger partial charge in [-0.05, 0) is 24.6 Å². The van der Waals surface area contributed by atoms with Crippen LogP contribution in [0.1, 0.15) is 18.6 Å². The molecule has 2 rings (SSSR count). The lowest BCUT2D eigenvalue weighted by Crippen LogP contribution is -2.09. The number of rotatable bonds is 2. The van der Waals surface area contributed by atoms with Crippen LogP contribution >= 0.6 is 0 Å². The summed E-state index contributed by atoms with van der Waals surface area (Å²) in [4.78, 5) is 0. The maximum Gasteiger partial charge on any atom is 0.123 e. The van der Waals surface area contributed by atoms with Gasteiger partial charge in [-0.3, -0.25) is 0 Å². The molecule has 2 nitrogen and oxygen atoms in total. The smallest absolute Gasteiger partial charge is 0.123 e. The number of ether oxygens (including phenoxy) is 1. The minimum Gasteiger partial charge on any atom is -0.391 e. The van der Waals surface area contributed by atoms with Crippen LogP contribution in [0.3, 0.4) is 0 Å². The lowest BCUT2D eigenvalue weighted by molar-refractivity contribution is 0.152. The summed E-state index contributed by atoms with van der Waals surface area (Å²) in [5.41, 5.74) is 0.797. The molecule has 3 atom stereocenters. The van der Waals surface area contributed by atoms with E-state index in [0.717, 1.165) is 5.56 Å². The highest BCUT2D eigenvalue weighted by Gasteiger charge is 2.43. The van der Waals surface area contributed by atoms with E-state index in [-0.39, 0.29) is 18.0 Å². The molecule has 1 aromatic carbocycles. The van der Waals surface area contributed by atoms with Gasteiger partial charge in [0, 0.05) is 0 Å². The quantitative estimate of drug-likeness (QED) is 0.705. The van der Waals surface area contributed by atoms with Crippen molar-refractivity contribution in [3.8, 4) is 0 Å². The van der Waals surface area contributed by atoms with E-state index in [1.54, 1.807) is 19.1 Å². The van der Waals surface area contributed by atoms with Gasteiger partial charge in [-0.15, -0.1) is 0 Å². The van der Waals surface area contributed by atoms with Crippen molar-refractivity contribution in [1.82, 2.24) is 0 Å². The monoisotopic (exact) mass is 182 g/mol. The highest BCUT2D eigenvalue weighted by atomic mass is 19.1. The molecule has 1 saturated heterocycles. The summed E-state index contributed by atoms with van der Waals surface area (Å²) in [5, 5.41) is 9.17. The summed E-state index contributed by atoms with van der Waals surface area (Å²) >= 11 is 0. The fraction of sp³-hybridized carbons (Fsp3) is 0.400. The zero-order valence-corrected chi connectivity index (χ0v) is 7.27. The molecule has 1 heterocycles. The van der Waals surface area contributed by atoms with E-state index < -0.39 is 6.10 Å². The average molecular weight is 182 g/mol. The number of hydrogen-bond donors (Lipinski definition) is 1. The Bertz CT molecular complexity index is 312. The van der Waals surface area contributed by atoms with Crippen molar-refractivity contribution >= 4 is 0 Å². The molecule has 0 amide bonds. The molecule has 1 aromatic rings. The summed E-state index contributed by atoms with van der Waals surface area (Å²) in [6.45, 7) is 1.67. The average Bonchev–Trinajstić information content (AvgIpc) is 2.82. The number of hydrogen-bond acceptors (Lipinski definition) is 2. The second-order valence-electron chi connectivity index (χ2n) is 3.32. The minimum atomic E-state index is -0.492. The summed E-state index contributed by atoms with van der Waals surface area (Å²) in [6.07, 6.45) is -0.786. The van der Waals surface area contributed by atoms with Crippen LogP contribution in [0.25, 0.3) is 0 Å². The van der Waals surface area contributed by atoms with E-state index in [9.17, 15) is 9.50 Å². The van der Waals surface area contributed by atoms with E-state index in [4.69, 9.17) is 4.74 Å². The Labute approximate surface area is 76.0 Å². The molecule has 1 fully saturated rings. The fourth-order valence-electron chi connectivity index (χ4n) is 1.44. The van der Waals surface area contributed by atoms with E-state index >= 15 is 0 Å². The SMILES string of the molecule is C[C@H](O)[C@@H]1O[C@H]1c1cccc(F)c1. The summed E-state index contributed by atoms with van der Waals surface area (Å²) in [6, 6.07) is 6.28. The second kappa shape index (κ2) is 3.09. The van der Waals surface area contributed by atoms with Crippen molar-refractivity contribution in [2.45, 2.75) is 25.2 Å². The van der Waals surface area contributed by atoms with Gasteiger partial charge in [0.25, 0.3) is 0 Å². The molecule has 0 bridgehead atoms. The number of aliphatic hydroxyl groups excluding tert-OH is 1. The predicted octanol–water partition coefficient (Wildman–Crippen LogP) is 1.65. The van der Waals surface area contributed by atoms with Crippen LogP contribution in [0.4, 0.5) is 4.39 Å². The van der Waals surface area contributed by atoms with Gasteiger partial charge in [-0.25, -0.2) is 4.39 Å². The Morgan fingerprint density at radius 1 is 1.54 bits per heavy atom. The molecular formula is C10H11FO2. The Morgan fingerprint density at radius 2 is 2.31 bits per heavy atom. The van der Waals surface area contributed by atoms with Crippen LogP contribution in [0.15, 0.2) is 24.3 Å². The minimum absolute atomic E-state index is 0.129. The molecule has 0 spiro atoms. The van der Waals surface area contributed by atoms with E-state index in [1.807, 2.05) is 0 Å². The Kier molecular flexibility index (Phi) is 2.06. The van der Waals surface area contributed by atoms with Gasteiger partial charge in [0.2, 0.25) is 0 Å². The first-order valence-electron chi connectivity index (χ1n) is 4.27. The zero-order valence-electron chi connectivity index (χ0n) is 7.27. The third-order valence-electron chi connectivity index (χ3n) is 2.18. The first-order valence-corrected chi connectivity index (χ1v) is 4.27. The molecular weight excluding hydrogens is 171 g/mol. The number of halogens is 1. The first kappa shape index (κ1) is 8.66. The summed E-state index contributed by atoms with van der Waals surface area (Å²) < 4.78 is 18.0. The number of benzene rings is 1. The Hall–Kier alpha value is -0.930. The van der Waals surface area contributed by atoms with Crippen LogP contribution in [0.2, 0.25) is 0 Å². The number of epoxide rings is 1. The lowest BCUT2D eigenvalue weighted by Gasteiger charge is -1.98. The van der Waals surface area contributed by atoms with Crippen molar-refractivity contribution in [2.24, 2.45) is 0 Å². The molecule has 0 unspecified atom stereocenters. The molecule has 0 radical (unpaired) electrons. The van der Waals surface area contributed by atoms with E-state index in [2.05, 4.69) is 0 Å². The lowest BCUT2D eigenvalue weighted by atomic mass is 10.1. The predicted molar refractivity (Wildman–Crippen MR) is 45.7 cm³/mol. The third kappa shape index (κ3) is 1.71. The normalized spacial score (nSPS) is 28.5.